The number of hydrogen-bond acceptors (Lipinski definition) is 3. The maximum absolute atomic E-state index is 12.1. The summed E-state index contributed by atoms with van der Waals surface area (Å²) >= 11 is 3.08. The lowest BCUT2D eigenvalue weighted by Gasteiger charge is -2.21. The fourth-order valence-corrected chi connectivity index (χ4v) is 4.13. The second-order valence-corrected chi connectivity index (χ2v) is 8.28. The lowest BCUT2D eigenvalue weighted by molar-refractivity contribution is 0.285. The van der Waals surface area contributed by atoms with Gasteiger partial charge in [-0.15, -0.1) is 0 Å². The van der Waals surface area contributed by atoms with Crippen LogP contribution in [0.15, 0.2) is 23.7 Å². The van der Waals surface area contributed by atoms with Crippen molar-refractivity contribution in [2.24, 2.45) is 0 Å². The van der Waals surface area contributed by atoms with E-state index in [2.05, 4.69) is 15.5 Å². The molecule has 0 aromatic heterocycles. The molecule has 2 aliphatic rings. The summed E-state index contributed by atoms with van der Waals surface area (Å²) < 4.78 is 23.0. The molecule has 2 rings (SSSR count). The van der Waals surface area contributed by atoms with Crippen molar-refractivity contribution in [2.75, 3.05) is 0 Å². The molecule has 0 amide bonds. The minimum atomic E-state index is -3.15. The Balaban J connectivity index is 1.91. The average Bonchev–Trinajstić information content (AvgIpc) is 2.30. The Morgan fingerprint density at radius 2 is 1.41 bits per heavy atom. The Kier molecular flexibility index (Phi) is 4.75. The van der Waals surface area contributed by atoms with Gasteiger partial charge in [-0.2, -0.15) is 0 Å². The first-order valence-corrected chi connectivity index (χ1v) is 9.79. The van der Waals surface area contributed by atoms with Crippen LogP contribution in [0.5, 0.6) is 0 Å². The molecule has 0 fully saturated rings. The zero-order valence-electron chi connectivity index (χ0n) is 9.86. The van der Waals surface area contributed by atoms with Gasteiger partial charge in [0.1, 0.15) is 11.5 Å². The van der Waals surface area contributed by atoms with Crippen LogP contribution in [0.3, 0.4) is 0 Å². The predicted octanol–water partition coefficient (Wildman–Crippen LogP) is 5.44. The topological polar surface area (TPSA) is 35.5 Å². The lowest BCUT2D eigenvalue weighted by atomic mass is 10.1. The van der Waals surface area contributed by atoms with E-state index in [0.29, 0.717) is 0 Å². The first-order chi connectivity index (χ1) is 8.16. The van der Waals surface area contributed by atoms with Gasteiger partial charge in [0.2, 0.25) is 0 Å². The highest BCUT2D eigenvalue weighted by atomic mass is 79.9. The minimum Gasteiger partial charge on any atom is -0.413 e. The van der Waals surface area contributed by atoms with Crippen LogP contribution in [0, 0.1) is 0 Å². The zero-order valence-corrected chi connectivity index (χ0v) is 12.3. The van der Waals surface area contributed by atoms with Crippen molar-refractivity contribution in [2.45, 2.75) is 51.4 Å². The molecule has 17 heavy (non-hydrogen) atoms. The summed E-state index contributed by atoms with van der Waals surface area (Å²) in [5.41, 5.74) is 0. The van der Waals surface area contributed by atoms with Gasteiger partial charge in [0.15, 0.2) is 0 Å². The van der Waals surface area contributed by atoms with Crippen LogP contribution in [0.1, 0.15) is 51.4 Å². The molecular formula is C12H18BrO3P. The minimum absolute atomic E-state index is 0.799. The molecule has 0 N–H and O–H groups in total. The fourth-order valence-electron chi connectivity index (χ4n) is 2.08. The van der Waals surface area contributed by atoms with Gasteiger partial charge in [-0.25, -0.2) is 4.57 Å². The van der Waals surface area contributed by atoms with E-state index in [-0.39, 0.29) is 0 Å². The number of halogens is 1. The van der Waals surface area contributed by atoms with E-state index in [1.54, 1.807) is 0 Å². The molecule has 0 bridgehead atoms. The molecule has 96 valence electrons. The molecule has 3 nitrogen and oxygen atoms in total. The molecule has 0 heterocycles. The van der Waals surface area contributed by atoms with Crippen molar-refractivity contribution in [3.8, 4) is 0 Å². The quantitative estimate of drug-likeness (QED) is 0.647. The zero-order chi connectivity index (χ0) is 12.1. The number of rotatable bonds is 4. The first-order valence-electron chi connectivity index (χ1n) is 6.23. The van der Waals surface area contributed by atoms with Crippen LogP contribution in [-0.2, 0) is 13.6 Å². The molecule has 0 atom stereocenters. The third kappa shape index (κ3) is 4.51. The number of allylic oxidation sites excluding steroid dienone is 4. The van der Waals surface area contributed by atoms with Gasteiger partial charge < -0.3 is 9.05 Å². The highest BCUT2D eigenvalue weighted by Crippen LogP contribution is 2.60. The molecule has 0 radical (unpaired) electrons. The lowest BCUT2D eigenvalue weighted by Crippen LogP contribution is -1.98. The fraction of sp³-hybridized carbons (Fsp3) is 0.667. The third-order valence-electron chi connectivity index (χ3n) is 2.95. The van der Waals surface area contributed by atoms with E-state index >= 15 is 0 Å². The summed E-state index contributed by atoms with van der Waals surface area (Å²) in [4.78, 5) is 0. The highest BCUT2D eigenvalue weighted by Gasteiger charge is 2.26. The summed E-state index contributed by atoms with van der Waals surface area (Å²) in [6.07, 6.45) is 9.16. The Morgan fingerprint density at radius 1 is 0.941 bits per heavy atom. The monoisotopic (exact) mass is 320 g/mol. The van der Waals surface area contributed by atoms with Crippen LogP contribution in [-0.4, -0.2) is 0 Å². The van der Waals surface area contributed by atoms with Crippen molar-refractivity contribution in [1.82, 2.24) is 0 Å². The summed E-state index contributed by atoms with van der Waals surface area (Å²) in [5.74, 6) is 1.60. The second kappa shape index (κ2) is 6.10. The van der Waals surface area contributed by atoms with E-state index in [1.807, 2.05) is 12.2 Å². The normalized spacial score (nSPS) is 21.5. The van der Waals surface area contributed by atoms with Gasteiger partial charge >= 0.3 is 6.30 Å². The van der Waals surface area contributed by atoms with Crippen LogP contribution < -0.4 is 0 Å². The van der Waals surface area contributed by atoms with Crippen molar-refractivity contribution in [3.63, 3.8) is 0 Å². The SMILES string of the molecule is O=P(Br)(OC1=CCCCC1)OC1=CCCCC1. The molecule has 0 unspecified atom stereocenters. The summed E-state index contributed by atoms with van der Waals surface area (Å²) in [7, 11) is 0. The van der Waals surface area contributed by atoms with Gasteiger partial charge in [-0.1, -0.05) is 0 Å². The van der Waals surface area contributed by atoms with Crippen LogP contribution in [0.25, 0.3) is 0 Å². The van der Waals surface area contributed by atoms with E-state index in [9.17, 15) is 4.57 Å². The molecule has 0 saturated carbocycles. The van der Waals surface area contributed by atoms with E-state index in [0.717, 1.165) is 50.0 Å². The molecule has 0 spiro atoms. The summed E-state index contributed by atoms with van der Waals surface area (Å²) in [5, 5.41) is 0. The molecule has 0 aromatic carbocycles. The predicted molar refractivity (Wildman–Crippen MR) is 71.8 cm³/mol. The summed E-state index contributed by atoms with van der Waals surface area (Å²) in [6, 6.07) is 0. The Bertz CT molecular complexity index is 344. The Labute approximate surface area is 111 Å². The largest absolute Gasteiger partial charge is 0.498 e. The second-order valence-electron chi connectivity index (χ2n) is 4.45. The maximum Gasteiger partial charge on any atom is 0.498 e. The third-order valence-corrected chi connectivity index (χ3v) is 4.73. The van der Waals surface area contributed by atoms with E-state index in [1.165, 1.54) is 12.8 Å². The van der Waals surface area contributed by atoms with Crippen LogP contribution in [0.4, 0.5) is 0 Å². The average molecular weight is 321 g/mol. The Morgan fingerprint density at radius 3 is 1.76 bits per heavy atom. The molecule has 0 saturated heterocycles. The van der Waals surface area contributed by atoms with Gasteiger partial charge in [-0.3, -0.25) is 0 Å². The van der Waals surface area contributed by atoms with Crippen LogP contribution in [0.2, 0.25) is 0 Å². The van der Waals surface area contributed by atoms with Crippen molar-refractivity contribution in [3.05, 3.63) is 23.7 Å². The maximum atomic E-state index is 12.1. The van der Waals surface area contributed by atoms with Crippen LogP contribution >= 0.6 is 21.8 Å². The number of hydrogen-bond donors (Lipinski definition) is 0. The van der Waals surface area contributed by atoms with Crippen molar-refractivity contribution >= 4 is 21.8 Å². The van der Waals surface area contributed by atoms with Gasteiger partial charge in [0.25, 0.3) is 0 Å². The van der Waals surface area contributed by atoms with Gasteiger partial charge in [0.05, 0.1) is 15.5 Å². The van der Waals surface area contributed by atoms with Crippen molar-refractivity contribution < 1.29 is 13.6 Å². The van der Waals surface area contributed by atoms with Gasteiger partial charge in [0, 0.05) is 12.8 Å². The molecule has 0 aliphatic heterocycles. The smallest absolute Gasteiger partial charge is 0.413 e. The van der Waals surface area contributed by atoms with Gasteiger partial charge in [-0.05, 0) is 50.7 Å². The summed E-state index contributed by atoms with van der Waals surface area (Å²) in [6.45, 7) is 0. The standard InChI is InChI=1S/C12H18BrO3P/c13-17(14,15-11-7-3-1-4-8-11)16-12-9-5-2-6-10-12/h7,9H,1-6,8,10H2. The molecule has 0 aromatic rings. The Hall–Kier alpha value is -0.210. The highest BCUT2D eigenvalue weighted by molar-refractivity contribution is 9.39. The van der Waals surface area contributed by atoms with Crippen molar-refractivity contribution in [1.29, 1.82) is 0 Å². The molecule has 5 heteroatoms. The van der Waals surface area contributed by atoms with E-state index < -0.39 is 6.30 Å². The first kappa shape index (κ1) is 13.2. The van der Waals surface area contributed by atoms with E-state index in [4.69, 9.17) is 9.05 Å². The molecular weight excluding hydrogens is 303 g/mol. The molecule has 2 aliphatic carbocycles.